The van der Waals surface area contributed by atoms with E-state index in [4.69, 9.17) is 0 Å². The Bertz CT molecular complexity index is 496. The van der Waals surface area contributed by atoms with Crippen molar-refractivity contribution in [2.75, 3.05) is 6.61 Å². The molecule has 0 aromatic rings. The second kappa shape index (κ2) is 3.48. The van der Waals surface area contributed by atoms with Crippen LogP contribution in [0.2, 0.25) is 0 Å². The van der Waals surface area contributed by atoms with Gasteiger partial charge >= 0.3 is 0 Å². The summed E-state index contributed by atoms with van der Waals surface area (Å²) in [6.07, 6.45) is 0.851. The normalized spacial score (nSPS) is 52.8. The molecule has 3 N–H and O–H groups in total. The van der Waals surface area contributed by atoms with Gasteiger partial charge < -0.3 is 15.3 Å². The van der Waals surface area contributed by atoms with Crippen molar-refractivity contribution < 1.29 is 20.1 Å². The van der Waals surface area contributed by atoms with E-state index in [0.717, 1.165) is 5.57 Å². The van der Waals surface area contributed by atoms with E-state index in [1.165, 1.54) is 0 Å². The number of ketones is 1. The van der Waals surface area contributed by atoms with Crippen LogP contribution in [0.15, 0.2) is 11.1 Å². The Morgan fingerprint density at radius 2 is 1.95 bits per heavy atom. The number of aliphatic hydroxyl groups excluding tert-OH is 2. The summed E-state index contributed by atoms with van der Waals surface area (Å²) in [7, 11) is 0. The summed E-state index contributed by atoms with van der Waals surface area (Å²) in [4.78, 5) is 12.5. The molecule has 0 aliphatic heterocycles. The van der Waals surface area contributed by atoms with Crippen molar-refractivity contribution in [1.29, 1.82) is 0 Å². The van der Waals surface area contributed by atoms with Crippen molar-refractivity contribution >= 4 is 5.78 Å². The predicted octanol–water partition coefficient (Wildman–Crippen LogP) is 0.796. The monoisotopic (exact) mass is 266 g/mol. The van der Waals surface area contributed by atoms with E-state index in [9.17, 15) is 20.1 Å². The van der Waals surface area contributed by atoms with Gasteiger partial charge in [-0.15, -0.1) is 0 Å². The lowest BCUT2D eigenvalue weighted by atomic mass is 9.48. The fourth-order valence-corrected chi connectivity index (χ4v) is 4.82. The van der Waals surface area contributed by atoms with Crippen LogP contribution in [0.4, 0.5) is 0 Å². The van der Waals surface area contributed by atoms with Crippen LogP contribution in [0.3, 0.4) is 0 Å². The highest BCUT2D eigenvalue weighted by atomic mass is 16.3. The van der Waals surface area contributed by atoms with Crippen LogP contribution in [0, 0.1) is 16.7 Å². The topological polar surface area (TPSA) is 77.8 Å². The van der Waals surface area contributed by atoms with Crippen LogP contribution >= 0.6 is 0 Å². The number of carbonyl (C=O) groups excluding carboxylic acids is 1. The summed E-state index contributed by atoms with van der Waals surface area (Å²) in [6.45, 7) is 5.60. The third kappa shape index (κ3) is 1.32. The van der Waals surface area contributed by atoms with E-state index in [0.29, 0.717) is 24.8 Å². The molecule has 3 aliphatic rings. The molecule has 4 nitrogen and oxygen atoms in total. The third-order valence-corrected chi connectivity index (χ3v) is 5.93. The van der Waals surface area contributed by atoms with Gasteiger partial charge in [0.1, 0.15) is 0 Å². The van der Waals surface area contributed by atoms with Crippen LogP contribution in [0.25, 0.3) is 0 Å². The molecule has 0 spiro atoms. The minimum absolute atomic E-state index is 0.0217. The highest BCUT2D eigenvalue weighted by Crippen LogP contribution is 2.67. The zero-order valence-corrected chi connectivity index (χ0v) is 11.7. The number of carbonyl (C=O) groups is 1. The Labute approximate surface area is 113 Å². The fourth-order valence-electron chi connectivity index (χ4n) is 4.82. The van der Waals surface area contributed by atoms with Gasteiger partial charge in [0.2, 0.25) is 0 Å². The minimum atomic E-state index is -1.12. The predicted molar refractivity (Wildman–Crippen MR) is 69.3 cm³/mol. The molecule has 2 saturated carbocycles. The van der Waals surface area contributed by atoms with Gasteiger partial charge in [0.15, 0.2) is 5.78 Å². The van der Waals surface area contributed by atoms with Gasteiger partial charge in [-0.05, 0) is 42.7 Å². The number of allylic oxidation sites excluding steroid dienone is 1. The smallest absolute Gasteiger partial charge is 0.164 e. The molecule has 0 saturated heterocycles. The largest absolute Gasteiger partial charge is 0.396 e. The van der Waals surface area contributed by atoms with Crippen molar-refractivity contribution in [3.05, 3.63) is 11.1 Å². The Morgan fingerprint density at radius 3 is 2.47 bits per heavy atom. The fraction of sp³-hybridized carbons (Fsp3) is 0.800. The Balaban J connectivity index is 2.13. The van der Waals surface area contributed by atoms with Gasteiger partial charge in [-0.3, -0.25) is 4.79 Å². The maximum atomic E-state index is 12.5. The van der Waals surface area contributed by atoms with Crippen molar-refractivity contribution in [3.63, 3.8) is 0 Å². The maximum absolute atomic E-state index is 12.5. The van der Waals surface area contributed by atoms with E-state index in [2.05, 4.69) is 0 Å². The molecule has 106 valence electrons. The van der Waals surface area contributed by atoms with Crippen LogP contribution in [-0.2, 0) is 4.79 Å². The first-order valence-corrected chi connectivity index (χ1v) is 6.95. The van der Waals surface area contributed by atoms with E-state index in [-0.39, 0.29) is 12.4 Å². The van der Waals surface area contributed by atoms with Crippen molar-refractivity contribution in [1.82, 2.24) is 0 Å². The summed E-state index contributed by atoms with van der Waals surface area (Å²) in [5.41, 5.74) is -0.692. The Kier molecular flexibility index (Phi) is 2.44. The number of fused-ring (bicyclic) bond motifs is 3. The average molecular weight is 266 g/mol. The van der Waals surface area contributed by atoms with Gasteiger partial charge in [0.05, 0.1) is 17.6 Å². The second-order valence-electron chi connectivity index (χ2n) is 7.28. The first-order valence-electron chi connectivity index (χ1n) is 6.95. The van der Waals surface area contributed by atoms with E-state index in [1.807, 2.05) is 13.8 Å². The Hall–Kier alpha value is -0.710. The molecule has 0 aromatic carbocycles. The molecule has 2 fully saturated rings. The molecule has 19 heavy (non-hydrogen) atoms. The van der Waals surface area contributed by atoms with Crippen LogP contribution in [0.1, 0.15) is 40.0 Å². The van der Waals surface area contributed by atoms with Crippen LogP contribution in [-0.4, -0.2) is 39.4 Å². The number of Topliss-reactive ketones (excluding diaryl/α,β-unsaturated/α-hetero) is 1. The van der Waals surface area contributed by atoms with Gasteiger partial charge in [0, 0.05) is 12.0 Å². The van der Waals surface area contributed by atoms with Crippen LogP contribution in [0.5, 0.6) is 0 Å². The van der Waals surface area contributed by atoms with Crippen molar-refractivity contribution in [2.24, 2.45) is 16.7 Å². The summed E-state index contributed by atoms with van der Waals surface area (Å²) in [5.74, 6) is -0.489. The molecular weight excluding hydrogens is 244 g/mol. The maximum Gasteiger partial charge on any atom is 0.164 e. The lowest BCUT2D eigenvalue weighted by Gasteiger charge is -2.59. The van der Waals surface area contributed by atoms with E-state index < -0.39 is 28.5 Å². The quantitative estimate of drug-likeness (QED) is 0.656. The lowest BCUT2D eigenvalue weighted by Crippen LogP contribution is -2.64. The molecule has 0 radical (unpaired) electrons. The van der Waals surface area contributed by atoms with Gasteiger partial charge in [-0.25, -0.2) is 0 Å². The SMILES string of the molecule is CC1=C2[C@@H](O)C[C@]2(C)[C@@]2(O)C[C@](C)(CO)CC2C1=O. The molecule has 5 atom stereocenters. The molecule has 1 unspecified atom stereocenters. The first-order chi connectivity index (χ1) is 8.68. The summed E-state index contributed by atoms with van der Waals surface area (Å²) in [6, 6.07) is 0. The number of hydrogen-bond acceptors (Lipinski definition) is 4. The zero-order valence-electron chi connectivity index (χ0n) is 11.7. The molecule has 3 rings (SSSR count). The molecular formula is C15H22O4. The Morgan fingerprint density at radius 1 is 1.32 bits per heavy atom. The summed E-state index contributed by atoms with van der Waals surface area (Å²) < 4.78 is 0. The molecule has 0 bridgehead atoms. The molecule has 0 amide bonds. The van der Waals surface area contributed by atoms with Crippen molar-refractivity contribution in [2.45, 2.75) is 51.7 Å². The minimum Gasteiger partial charge on any atom is -0.396 e. The molecule has 0 aromatic heterocycles. The first kappa shape index (κ1) is 13.3. The van der Waals surface area contributed by atoms with Gasteiger partial charge in [-0.2, -0.15) is 0 Å². The molecule has 4 heteroatoms. The standard InChI is InChI=1S/C15H22O4/c1-8-11-10(17)5-14(11,3)15(19)6-13(2,7-16)4-9(15)12(8)18/h9-10,16-17,19H,4-7H2,1-3H3/t9?,10-,13+,14-,15+/m0/s1. The summed E-state index contributed by atoms with van der Waals surface area (Å²) in [5, 5.41) is 30.7. The van der Waals surface area contributed by atoms with Crippen molar-refractivity contribution in [3.8, 4) is 0 Å². The zero-order chi connectivity index (χ0) is 14.2. The highest BCUT2D eigenvalue weighted by molar-refractivity contribution is 6.01. The number of hydrogen-bond donors (Lipinski definition) is 3. The highest BCUT2D eigenvalue weighted by Gasteiger charge is 2.70. The lowest BCUT2D eigenvalue weighted by molar-refractivity contribution is -0.163. The summed E-state index contributed by atoms with van der Waals surface area (Å²) >= 11 is 0. The van der Waals surface area contributed by atoms with E-state index in [1.54, 1.807) is 6.92 Å². The molecule has 3 aliphatic carbocycles. The van der Waals surface area contributed by atoms with E-state index >= 15 is 0 Å². The average Bonchev–Trinajstić information content (AvgIpc) is 2.61. The van der Waals surface area contributed by atoms with Crippen LogP contribution < -0.4 is 0 Å². The van der Waals surface area contributed by atoms with Gasteiger partial charge in [-0.1, -0.05) is 13.8 Å². The molecule has 0 heterocycles. The second-order valence-corrected chi connectivity index (χ2v) is 7.28. The number of aliphatic hydroxyl groups is 3. The van der Waals surface area contributed by atoms with Gasteiger partial charge in [0.25, 0.3) is 0 Å². The third-order valence-electron chi connectivity index (χ3n) is 5.93. The number of rotatable bonds is 1.